The fourth-order valence-electron chi connectivity index (χ4n) is 9.31. The molecule has 188 valence electrons. The lowest BCUT2D eigenvalue weighted by molar-refractivity contribution is -0.249. The Bertz CT molecular complexity index is 1150. The summed E-state index contributed by atoms with van der Waals surface area (Å²) in [6.45, 7) is 16.6. The Balaban J connectivity index is 1.55. The molecule has 3 heterocycles. The van der Waals surface area contributed by atoms with Crippen molar-refractivity contribution >= 4 is 11.8 Å². The molecule has 0 N–H and O–H groups in total. The molecule has 4 fully saturated rings. The van der Waals surface area contributed by atoms with Gasteiger partial charge in [-0.3, -0.25) is 9.59 Å². The van der Waals surface area contributed by atoms with Gasteiger partial charge in [-0.2, -0.15) is 0 Å². The Kier molecular flexibility index (Phi) is 4.42. The summed E-state index contributed by atoms with van der Waals surface area (Å²) in [6.07, 6.45) is 8.84. The van der Waals surface area contributed by atoms with Crippen LogP contribution in [0.2, 0.25) is 0 Å². The van der Waals surface area contributed by atoms with Crippen molar-refractivity contribution < 1.29 is 28.2 Å². The van der Waals surface area contributed by atoms with Crippen molar-refractivity contribution in [2.24, 2.45) is 33.5 Å². The first-order valence-electron chi connectivity index (χ1n) is 12.8. The molecule has 0 radical (unpaired) electrons. The van der Waals surface area contributed by atoms with Crippen molar-refractivity contribution in [1.29, 1.82) is 0 Å². The van der Waals surface area contributed by atoms with Crippen molar-refractivity contribution in [3.05, 3.63) is 48.6 Å². The number of fused-ring (bicyclic) bond motifs is 3. The second kappa shape index (κ2) is 6.70. The molecule has 6 rings (SSSR count). The van der Waals surface area contributed by atoms with Crippen molar-refractivity contribution in [3.8, 4) is 0 Å². The number of ether oxygens (including phenoxy) is 3. The zero-order valence-electron chi connectivity index (χ0n) is 21.6. The second-order valence-corrected chi connectivity index (χ2v) is 12.7. The van der Waals surface area contributed by atoms with Gasteiger partial charge in [0.05, 0.1) is 12.5 Å². The predicted molar refractivity (Wildman–Crippen MR) is 128 cm³/mol. The average molecular weight is 481 g/mol. The maximum absolute atomic E-state index is 13.0. The minimum atomic E-state index is -0.603. The van der Waals surface area contributed by atoms with Gasteiger partial charge in [-0.15, -0.1) is 0 Å². The molecule has 3 aliphatic carbocycles. The molecular formula is C29H36O6. The van der Waals surface area contributed by atoms with Crippen molar-refractivity contribution in [2.45, 2.75) is 84.7 Å². The first-order chi connectivity index (χ1) is 16.3. The zero-order valence-corrected chi connectivity index (χ0v) is 21.6. The van der Waals surface area contributed by atoms with Crippen molar-refractivity contribution in [2.75, 3.05) is 0 Å². The van der Waals surface area contributed by atoms with Gasteiger partial charge in [-0.05, 0) is 48.7 Å². The van der Waals surface area contributed by atoms with Crippen LogP contribution < -0.4 is 0 Å². The predicted octanol–water partition coefficient (Wildman–Crippen LogP) is 5.55. The highest BCUT2D eigenvalue weighted by Gasteiger charge is 2.87. The highest BCUT2D eigenvalue weighted by atomic mass is 16.7. The van der Waals surface area contributed by atoms with E-state index in [0.717, 1.165) is 18.4 Å². The number of hydrogen-bond acceptors (Lipinski definition) is 6. The summed E-state index contributed by atoms with van der Waals surface area (Å²) in [7, 11) is 0. The van der Waals surface area contributed by atoms with Gasteiger partial charge in [0, 0.05) is 28.7 Å². The smallest absolute Gasteiger partial charge is 0.302 e. The number of epoxide rings is 1. The molecule has 2 saturated carbocycles. The molecule has 9 atom stereocenters. The summed E-state index contributed by atoms with van der Waals surface area (Å²) in [5, 5.41) is 0. The normalized spacial score (nSPS) is 49.1. The number of carbonyl (C=O) groups is 2. The van der Waals surface area contributed by atoms with Gasteiger partial charge in [0.2, 0.25) is 0 Å². The third-order valence-electron chi connectivity index (χ3n) is 11.0. The molecule has 0 aromatic carbocycles. The van der Waals surface area contributed by atoms with Crippen LogP contribution >= 0.6 is 0 Å². The van der Waals surface area contributed by atoms with Gasteiger partial charge in [-0.25, -0.2) is 0 Å². The third-order valence-corrected chi connectivity index (χ3v) is 11.0. The number of hydrogen-bond donors (Lipinski definition) is 0. The number of carbonyl (C=O) groups excluding carboxylic acids is 2. The lowest BCUT2D eigenvalue weighted by Crippen LogP contribution is -2.72. The quantitative estimate of drug-likeness (QED) is 0.408. The summed E-state index contributed by atoms with van der Waals surface area (Å²) < 4.78 is 24.8. The van der Waals surface area contributed by atoms with E-state index < -0.39 is 16.4 Å². The summed E-state index contributed by atoms with van der Waals surface area (Å²) in [5.74, 6) is 0.673. The Morgan fingerprint density at radius 1 is 1.14 bits per heavy atom. The van der Waals surface area contributed by atoms with E-state index in [2.05, 4.69) is 33.4 Å². The SMILES string of the molecule is C=C1O[C@@H](c2ccoc2)[C@]2(C)CCC3[C@@]4(C)C=CC(=O)C(C)(C)C4C[C@@H](OC(C)=O)[C@@]3(C)[C@]23O[C@H]13. The maximum atomic E-state index is 13.0. The van der Waals surface area contributed by atoms with E-state index >= 15 is 0 Å². The molecule has 1 aromatic rings. The highest BCUT2D eigenvalue weighted by molar-refractivity contribution is 5.95. The fourth-order valence-corrected chi connectivity index (χ4v) is 9.31. The highest BCUT2D eigenvalue weighted by Crippen LogP contribution is 2.80. The molecule has 2 aliphatic heterocycles. The topological polar surface area (TPSA) is 78.3 Å². The molecule has 35 heavy (non-hydrogen) atoms. The minimum absolute atomic E-state index is 0.0561. The number of ketones is 1. The Morgan fingerprint density at radius 2 is 1.89 bits per heavy atom. The van der Waals surface area contributed by atoms with E-state index in [0.29, 0.717) is 12.2 Å². The van der Waals surface area contributed by atoms with E-state index in [1.54, 1.807) is 18.6 Å². The molecule has 1 spiro atoms. The fraction of sp³-hybridized carbons (Fsp3) is 0.655. The van der Waals surface area contributed by atoms with Gasteiger partial charge in [0.1, 0.15) is 29.7 Å². The van der Waals surface area contributed by atoms with Crippen LogP contribution in [-0.4, -0.2) is 29.6 Å². The first kappa shape index (κ1) is 23.1. The molecule has 6 nitrogen and oxygen atoms in total. The second-order valence-electron chi connectivity index (χ2n) is 12.7. The van der Waals surface area contributed by atoms with Crippen LogP contribution in [0, 0.1) is 33.5 Å². The Labute approximate surface area is 207 Å². The average Bonchev–Trinajstić information content (AvgIpc) is 3.35. The molecular weight excluding hydrogens is 444 g/mol. The summed E-state index contributed by atoms with van der Waals surface area (Å²) in [6, 6.07) is 1.95. The summed E-state index contributed by atoms with van der Waals surface area (Å²) >= 11 is 0. The number of furan rings is 1. The van der Waals surface area contributed by atoms with Gasteiger partial charge in [0.25, 0.3) is 0 Å². The van der Waals surface area contributed by atoms with Crippen LogP contribution in [0.3, 0.4) is 0 Å². The van der Waals surface area contributed by atoms with Gasteiger partial charge in [-0.1, -0.05) is 47.3 Å². The van der Waals surface area contributed by atoms with Crippen LogP contribution in [0.4, 0.5) is 0 Å². The number of rotatable bonds is 2. The molecule has 2 saturated heterocycles. The third kappa shape index (κ3) is 2.49. The van der Waals surface area contributed by atoms with E-state index in [4.69, 9.17) is 18.6 Å². The lowest BCUT2D eigenvalue weighted by Gasteiger charge is -2.68. The largest absolute Gasteiger partial charge is 0.487 e. The molecule has 5 aliphatic rings. The van der Waals surface area contributed by atoms with Crippen LogP contribution in [0.25, 0.3) is 0 Å². The van der Waals surface area contributed by atoms with E-state index in [-0.39, 0.29) is 52.7 Å². The van der Waals surface area contributed by atoms with Gasteiger partial charge in [0.15, 0.2) is 5.78 Å². The summed E-state index contributed by atoms with van der Waals surface area (Å²) in [5.41, 5.74) is -1.29. The number of allylic oxidation sites excluding steroid dienone is 2. The van der Waals surface area contributed by atoms with Crippen molar-refractivity contribution in [1.82, 2.24) is 0 Å². The number of esters is 1. The monoisotopic (exact) mass is 480 g/mol. The van der Waals surface area contributed by atoms with Gasteiger partial charge < -0.3 is 18.6 Å². The molecule has 1 aromatic heterocycles. The summed E-state index contributed by atoms with van der Waals surface area (Å²) in [4.78, 5) is 25.5. The molecule has 6 heteroatoms. The zero-order chi connectivity index (χ0) is 25.2. The Hall–Kier alpha value is -2.34. The van der Waals surface area contributed by atoms with Crippen molar-refractivity contribution in [3.63, 3.8) is 0 Å². The van der Waals surface area contributed by atoms with Crippen LogP contribution in [0.1, 0.15) is 72.5 Å². The van der Waals surface area contributed by atoms with Crippen LogP contribution in [-0.2, 0) is 23.8 Å². The maximum Gasteiger partial charge on any atom is 0.302 e. The first-order valence-corrected chi connectivity index (χ1v) is 12.8. The molecule has 0 amide bonds. The van der Waals surface area contributed by atoms with E-state index in [9.17, 15) is 9.59 Å². The van der Waals surface area contributed by atoms with Crippen LogP contribution in [0.5, 0.6) is 0 Å². The molecule has 0 bridgehead atoms. The minimum Gasteiger partial charge on any atom is -0.487 e. The Morgan fingerprint density at radius 3 is 2.54 bits per heavy atom. The van der Waals surface area contributed by atoms with Crippen LogP contribution in [0.15, 0.2) is 47.5 Å². The van der Waals surface area contributed by atoms with E-state index in [1.807, 2.05) is 19.9 Å². The lowest BCUT2D eigenvalue weighted by atomic mass is 9.35. The van der Waals surface area contributed by atoms with Gasteiger partial charge >= 0.3 is 5.97 Å². The van der Waals surface area contributed by atoms with E-state index in [1.165, 1.54) is 6.92 Å². The standard InChI is InChI=1S/C29H36O6/c1-16-23-29(35-23)27(6,24(33-16)18-10-13-32-15-18)12-8-19-26(5)11-9-21(31)25(3,4)20(26)14-22(28(19,29)7)34-17(2)30/h9-11,13,15,19-20,22-24H,1,8,12,14H2,2-7H3/t19?,20?,22-,23-,24+,26-,27+,28+,29-/m1/s1. The molecule has 2 unspecified atom stereocenters.